The minimum absolute atomic E-state index is 0.211. The number of fused-ring (bicyclic) bond motifs is 2. The van der Waals surface area contributed by atoms with Crippen molar-refractivity contribution in [2.24, 2.45) is 0 Å². The molecule has 0 aliphatic rings. The minimum Gasteiger partial charge on any atom is -0.343 e. The second-order valence-corrected chi connectivity index (χ2v) is 8.10. The molecular formula is C23H16FIN4. The van der Waals surface area contributed by atoms with Crippen molar-refractivity contribution in [1.82, 2.24) is 14.5 Å². The first kappa shape index (κ1) is 18.1. The highest BCUT2D eigenvalue weighted by molar-refractivity contribution is 14.1. The zero-order chi connectivity index (χ0) is 19.8. The van der Waals surface area contributed by atoms with Crippen LogP contribution in [0.15, 0.2) is 79.3 Å². The van der Waals surface area contributed by atoms with Crippen molar-refractivity contribution in [3.8, 4) is 0 Å². The van der Waals surface area contributed by atoms with Crippen LogP contribution in [0.2, 0.25) is 0 Å². The Kier molecular flexibility index (Phi) is 4.63. The fourth-order valence-corrected chi connectivity index (χ4v) is 4.00. The van der Waals surface area contributed by atoms with Gasteiger partial charge in [0.15, 0.2) is 0 Å². The molecule has 0 aliphatic heterocycles. The molecule has 0 fully saturated rings. The maximum absolute atomic E-state index is 13.5. The van der Waals surface area contributed by atoms with Crippen LogP contribution in [0.3, 0.4) is 0 Å². The van der Waals surface area contributed by atoms with Gasteiger partial charge in [0, 0.05) is 38.3 Å². The van der Waals surface area contributed by atoms with Gasteiger partial charge < -0.3 is 9.88 Å². The molecule has 1 N–H and O–H groups in total. The average Bonchev–Trinajstić information content (AvgIpc) is 3.10. The first-order chi connectivity index (χ1) is 14.2. The third-order valence-electron chi connectivity index (χ3n) is 4.87. The van der Waals surface area contributed by atoms with E-state index in [0.717, 1.165) is 42.4 Å². The van der Waals surface area contributed by atoms with Crippen molar-refractivity contribution in [1.29, 1.82) is 0 Å². The van der Waals surface area contributed by atoms with Crippen LogP contribution in [0.5, 0.6) is 0 Å². The molecule has 29 heavy (non-hydrogen) atoms. The summed E-state index contributed by atoms with van der Waals surface area (Å²) in [5.41, 5.74) is 3.90. The Morgan fingerprint density at radius 3 is 2.79 bits per heavy atom. The Morgan fingerprint density at radius 2 is 1.90 bits per heavy atom. The summed E-state index contributed by atoms with van der Waals surface area (Å²) in [7, 11) is 0. The molecule has 0 spiro atoms. The summed E-state index contributed by atoms with van der Waals surface area (Å²) in [4.78, 5) is 8.77. The van der Waals surface area contributed by atoms with Gasteiger partial charge in [0.1, 0.15) is 18.0 Å². The van der Waals surface area contributed by atoms with Crippen LogP contribution in [0.1, 0.15) is 5.56 Å². The van der Waals surface area contributed by atoms with Crippen molar-refractivity contribution >= 4 is 55.9 Å². The molecular weight excluding hydrogens is 478 g/mol. The van der Waals surface area contributed by atoms with Gasteiger partial charge in [-0.3, -0.25) is 0 Å². The third kappa shape index (κ3) is 3.67. The Morgan fingerprint density at radius 1 is 0.966 bits per heavy atom. The zero-order valence-corrected chi connectivity index (χ0v) is 17.5. The van der Waals surface area contributed by atoms with Gasteiger partial charge in [-0.25, -0.2) is 14.4 Å². The lowest BCUT2D eigenvalue weighted by Crippen LogP contribution is -1.99. The lowest BCUT2D eigenvalue weighted by molar-refractivity contribution is 0.624. The van der Waals surface area contributed by atoms with E-state index in [1.807, 2.05) is 30.5 Å². The average molecular weight is 494 g/mol. The molecule has 0 bridgehead atoms. The number of halogens is 2. The Hall–Kier alpha value is -3.00. The number of rotatable bonds is 4. The van der Waals surface area contributed by atoms with E-state index in [0.29, 0.717) is 6.54 Å². The summed E-state index contributed by atoms with van der Waals surface area (Å²) < 4.78 is 16.7. The Bertz CT molecular complexity index is 1350. The minimum atomic E-state index is -0.211. The fourth-order valence-electron chi connectivity index (χ4n) is 3.51. The highest BCUT2D eigenvalue weighted by Gasteiger charge is 2.07. The topological polar surface area (TPSA) is 42.7 Å². The zero-order valence-electron chi connectivity index (χ0n) is 15.3. The first-order valence-corrected chi connectivity index (χ1v) is 10.2. The molecule has 3 aromatic carbocycles. The maximum atomic E-state index is 13.5. The summed E-state index contributed by atoms with van der Waals surface area (Å²) in [5.74, 6) is 0.573. The standard InChI is InChI=1S/C23H16FIN4/c24-17-3-1-2-15(10-17)13-29-9-8-16-11-19(5-7-22(16)29)28-23-20-12-18(25)4-6-21(20)26-14-27-23/h1-12,14H,13H2,(H,26,27,28). The molecule has 0 unspecified atom stereocenters. The second-order valence-electron chi connectivity index (χ2n) is 6.86. The van der Waals surface area contributed by atoms with E-state index in [1.165, 1.54) is 6.07 Å². The SMILES string of the molecule is Fc1cccc(Cn2ccc3cc(Nc4ncnc5ccc(I)cc45)ccc32)c1. The van der Waals surface area contributed by atoms with Crippen molar-refractivity contribution < 1.29 is 4.39 Å². The van der Waals surface area contributed by atoms with E-state index in [-0.39, 0.29) is 5.82 Å². The van der Waals surface area contributed by atoms with Gasteiger partial charge in [-0.1, -0.05) is 12.1 Å². The molecule has 4 nitrogen and oxygen atoms in total. The maximum Gasteiger partial charge on any atom is 0.141 e. The summed E-state index contributed by atoms with van der Waals surface area (Å²) in [6.45, 7) is 0.628. The van der Waals surface area contributed by atoms with Gasteiger partial charge in [0.2, 0.25) is 0 Å². The van der Waals surface area contributed by atoms with E-state index in [9.17, 15) is 4.39 Å². The molecule has 142 valence electrons. The van der Waals surface area contributed by atoms with Crippen molar-refractivity contribution in [2.75, 3.05) is 5.32 Å². The Labute approximate surface area is 180 Å². The summed E-state index contributed by atoms with van der Waals surface area (Å²) >= 11 is 2.29. The molecule has 2 heterocycles. The van der Waals surface area contributed by atoms with E-state index in [2.05, 4.69) is 66.7 Å². The fraction of sp³-hybridized carbons (Fsp3) is 0.0435. The van der Waals surface area contributed by atoms with Crippen molar-refractivity contribution in [3.05, 3.63) is 94.2 Å². The van der Waals surface area contributed by atoms with Crippen LogP contribution in [0, 0.1) is 9.39 Å². The number of hydrogen-bond acceptors (Lipinski definition) is 3. The van der Waals surface area contributed by atoms with Gasteiger partial charge in [0.25, 0.3) is 0 Å². The number of hydrogen-bond donors (Lipinski definition) is 1. The normalized spacial score (nSPS) is 11.2. The van der Waals surface area contributed by atoms with E-state index >= 15 is 0 Å². The molecule has 0 amide bonds. The van der Waals surface area contributed by atoms with Crippen molar-refractivity contribution in [2.45, 2.75) is 6.54 Å². The number of nitrogens with zero attached hydrogens (tertiary/aromatic N) is 3. The van der Waals surface area contributed by atoms with E-state index in [1.54, 1.807) is 18.5 Å². The second kappa shape index (κ2) is 7.44. The molecule has 0 saturated heterocycles. The van der Waals surface area contributed by atoms with Gasteiger partial charge in [-0.2, -0.15) is 0 Å². The van der Waals surface area contributed by atoms with Crippen LogP contribution < -0.4 is 5.32 Å². The van der Waals surface area contributed by atoms with Gasteiger partial charge >= 0.3 is 0 Å². The Balaban J connectivity index is 1.46. The molecule has 0 radical (unpaired) electrons. The third-order valence-corrected chi connectivity index (χ3v) is 5.54. The van der Waals surface area contributed by atoms with Gasteiger partial charge in [-0.15, -0.1) is 0 Å². The summed E-state index contributed by atoms with van der Waals surface area (Å²) in [6.07, 6.45) is 3.60. The number of anilines is 2. The highest BCUT2D eigenvalue weighted by Crippen LogP contribution is 2.27. The number of nitrogens with one attached hydrogen (secondary N) is 1. The van der Waals surface area contributed by atoms with E-state index in [4.69, 9.17) is 0 Å². The largest absolute Gasteiger partial charge is 0.343 e. The molecule has 0 aliphatic carbocycles. The molecule has 5 rings (SSSR count). The summed E-state index contributed by atoms with van der Waals surface area (Å²) in [6, 6.07) is 21.1. The molecule has 0 saturated carbocycles. The molecule has 5 aromatic rings. The van der Waals surface area contributed by atoms with Crippen LogP contribution in [-0.2, 0) is 6.54 Å². The van der Waals surface area contributed by atoms with Crippen molar-refractivity contribution in [3.63, 3.8) is 0 Å². The van der Waals surface area contributed by atoms with Crippen LogP contribution in [-0.4, -0.2) is 14.5 Å². The first-order valence-electron chi connectivity index (χ1n) is 9.16. The highest BCUT2D eigenvalue weighted by atomic mass is 127. The molecule has 0 atom stereocenters. The molecule has 2 aromatic heterocycles. The monoisotopic (exact) mass is 494 g/mol. The van der Waals surface area contributed by atoms with Gasteiger partial charge in [0.05, 0.1) is 5.52 Å². The van der Waals surface area contributed by atoms with Crippen LogP contribution in [0.4, 0.5) is 15.9 Å². The van der Waals surface area contributed by atoms with Crippen LogP contribution >= 0.6 is 22.6 Å². The number of aromatic nitrogens is 3. The predicted molar refractivity (Wildman–Crippen MR) is 123 cm³/mol. The lowest BCUT2D eigenvalue weighted by Gasteiger charge is -2.10. The number of benzene rings is 3. The smallest absolute Gasteiger partial charge is 0.141 e. The lowest BCUT2D eigenvalue weighted by atomic mass is 10.2. The van der Waals surface area contributed by atoms with Crippen LogP contribution in [0.25, 0.3) is 21.8 Å². The predicted octanol–water partition coefficient (Wildman–Crippen LogP) is 6.12. The summed E-state index contributed by atoms with van der Waals surface area (Å²) in [5, 5.41) is 5.52. The van der Waals surface area contributed by atoms with E-state index < -0.39 is 0 Å². The quantitative estimate of drug-likeness (QED) is 0.306. The molecule has 6 heteroatoms. The van der Waals surface area contributed by atoms with Gasteiger partial charge in [-0.05, 0) is 82.8 Å².